The second kappa shape index (κ2) is 7.61. The first-order chi connectivity index (χ1) is 13.3. The number of aromatic nitrogens is 2. The van der Waals surface area contributed by atoms with Gasteiger partial charge in [-0.3, -0.25) is 4.90 Å². The van der Waals surface area contributed by atoms with Gasteiger partial charge in [0.25, 0.3) is 0 Å². The molecule has 1 aliphatic heterocycles. The predicted octanol–water partition coefficient (Wildman–Crippen LogP) is 3.29. The number of sulfonamides is 1. The van der Waals surface area contributed by atoms with Crippen LogP contribution in [0.25, 0.3) is 5.65 Å². The number of imidazole rings is 1. The summed E-state index contributed by atoms with van der Waals surface area (Å²) in [6.07, 6.45) is 3.72. The van der Waals surface area contributed by atoms with Crippen LogP contribution in [0.15, 0.2) is 47.6 Å². The Kier molecular flexibility index (Phi) is 5.32. The molecule has 0 unspecified atom stereocenters. The molecule has 0 N–H and O–H groups in total. The van der Waals surface area contributed by atoms with Crippen molar-refractivity contribution in [1.29, 1.82) is 0 Å². The van der Waals surface area contributed by atoms with E-state index in [-0.39, 0.29) is 9.92 Å². The van der Waals surface area contributed by atoms with E-state index in [0.717, 1.165) is 23.5 Å². The number of benzene rings is 1. The third kappa shape index (κ3) is 3.88. The normalized spacial score (nSPS) is 16.7. The molecule has 0 aliphatic carbocycles. The Morgan fingerprint density at radius 1 is 1.04 bits per heavy atom. The Bertz CT molecular complexity index is 1130. The molecule has 3 heterocycles. The van der Waals surface area contributed by atoms with Crippen molar-refractivity contribution in [2.45, 2.75) is 11.4 Å². The van der Waals surface area contributed by atoms with E-state index in [0.29, 0.717) is 37.7 Å². The maximum Gasteiger partial charge on any atom is 0.243 e. The fraction of sp³-hybridized carbons (Fsp3) is 0.278. The van der Waals surface area contributed by atoms with Crippen LogP contribution in [-0.4, -0.2) is 53.2 Å². The van der Waals surface area contributed by atoms with Crippen molar-refractivity contribution in [1.82, 2.24) is 18.6 Å². The highest BCUT2D eigenvalue weighted by Crippen LogP contribution is 2.23. The molecule has 0 atom stereocenters. The Morgan fingerprint density at radius 2 is 1.79 bits per heavy atom. The topological polar surface area (TPSA) is 57.9 Å². The van der Waals surface area contributed by atoms with Crippen LogP contribution in [0.2, 0.25) is 10.0 Å². The van der Waals surface area contributed by atoms with Crippen molar-refractivity contribution >= 4 is 38.9 Å². The first-order valence-corrected chi connectivity index (χ1v) is 10.8. The maximum absolute atomic E-state index is 13.3. The minimum absolute atomic E-state index is 0.00424. The lowest BCUT2D eigenvalue weighted by Crippen LogP contribution is -2.48. The van der Waals surface area contributed by atoms with E-state index in [4.69, 9.17) is 23.2 Å². The molecular weight excluding hydrogens is 426 g/mol. The van der Waals surface area contributed by atoms with Crippen LogP contribution in [0.5, 0.6) is 0 Å². The van der Waals surface area contributed by atoms with Gasteiger partial charge in [0.2, 0.25) is 10.0 Å². The Hall–Kier alpha value is -1.71. The average Bonchev–Trinajstić information content (AvgIpc) is 3.05. The number of piperazine rings is 1. The molecule has 148 valence electrons. The average molecular weight is 443 g/mol. The zero-order valence-electron chi connectivity index (χ0n) is 14.7. The number of pyridine rings is 1. The van der Waals surface area contributed by atoms with Crippen LogP contribution in [0.4, 0.5) is 4.39 Å². The Balaban J connectivity index is 1.42. The van der Waals surface area contributed by atoms with Gasteiger partial charge in [0.15, 0.2) is 0 Å². The quantitative estimate of drug-likeness (QED) is 0.621. The molecular formula is C18H17Cl2FN4O2S. The molecule has 0 spiro atoms. The Morgan fingerprint density at radius 3 is 2.50 bits per heavy atom. The van der Waals surface area contributed by atoms with Gasteiger partial charge in [0.05, 0.1) is 20.6 Å². The number of rotatable bonds is 4. The van der Waals surface area contributed by atoms with Gasteiger partial charge >= 0.3 is 0 Å². The lowest BCUT2D eigenvalue weighted by molar-refractivity contribution is 0.180. The second-order valence-electron chi connectivity index (χ2n) is 6.60. The van der Waals surface area contributed by atoms with Gasteiger partial charge in [-0.15, -0.1) is 0 Å². The summed E-state index contributed by atoms with van der Waals surface area (Å²) in [6, 6.07) is 7.11. The Labute approximate surface area is 172 Å². The number of halogens is 3. The van der Waals surface area contributed by atoms with Crippen LogP contribution >= 0.6 is 23.2 Å². The van der Waals surface area contributed by atoms with Crippen molar-refractivity contribution < 1.29 is 12.8 Å². The molecule has 1 aliphatic rings. The summed E-state index contributed by atoms with van der Waals surface area (Å²) >= 11 is 11.7. The van der Waals surface area contributed by atoms with Crippen LogP contribution in [0.1, 0.15) is 5.69 Å². The predicted molar refractivity (Wildman–Crippen MR) is 106 cm³/mol. The van der Waals surface area contributed by atoms with E-state index in [2.05, 4.69) is 9.88 Å². The largest absolute Gasteiger partial charge is 0.305 e. The zero-order valence-corrected chi connectivity index (χ0v) is 17.1. The van der Waals surface area contributed by atoms with E-state index in [1.54, 1.807) is 12.3 Å². The van der Waals surface area contributed by atoms with E-state index in [1.165, 1.54) is 10.4 Å². The molecule has 1 aromatic carbocycles. The third-order valence-electron chi connectivity index (χ3n) is 4.71. The molecule has 2 aromatic heterocycles. The van der Waals surface area contributed by atoms with Crippen LogP contribution < -0.4 is 0 Å². The molecule has 10 heteroatoms. The lowest BCUT2D eigenvalue weighted by atomic mass is 10.3. The molecule has 6 nitrogen and oxygen atoms in total. The highest BCUT2D eigenvalue weighted by atomic mass is 35.5. The molecule has 4 rings (SSSR count). The highest BCUT2D eigenvalue weighted by molar-refractivity contribution is 7.89. The molecule has 0 bridgehead atoms. The fourth-order valence-corrected chi connectivity index (χ4v) is 5.10. The summed E-state index contributed by atoms with van der Waals surface area (Å²) in [7, 11) is -3.70. The lowest BCUT2D eigenvalue weighted by Gasteiger charge is -2.33. The maximum atomic E-state index is 13.3. The van der Waals surface area contributed by atoms with Crippen molar-refractivity contribution in [3.05, 3.63) is 64.3 Å². The summed E-state index contributed by atoms with van der Waals surface area (Å²) in [5.41, 5.74) is 1.71. The standard InChI is InChI=1S/C18H17Cl2FN4O2S/c19-13-1-4-18-22-14(12-24(18)10-13)11-23-5-7-25(8-6-23)28(26,27)15-2-3-17(21)16(20)9-15/h1-4,9-10,12H,5-8,11H2. The van der Waals surface area contributed by atoms with E-state index >= 15 is 0 Å². The molecule has 3 aromatic rings. The summed E-state index contributed by atoms with van der Waals surface area (Å²) < 4.78 is 42.1. The minimum atomic E-state index is -3.70. The summed E-state index contributed by atoms with van der Waals surface area (Å²) in [5.74, 6) is -0.640. The van der Waals surface area contributed by atoms with Gasteiger partial charge in [0.1, 0.15) is 11.5 Å². The van der Waals surface area contributed by atoms with E-state index < -0.39 is 15.8 Å². The molecule has 0 saturated carbocycles. The van der Waals surface area contributed by atoms with Gasteiger partial charge < -0.3 is 4.40 Å². The van der Waals surface area contributed by atoms with Crippen LogP contribution in [0.3, 0.4) is 0 Å². The molecule has 28 heavy (non-hydrogen) atoms. The summed E-state index contributed by atoms with van der Waals surface area (Å²) in [4.78, 5) is 6.71. The van der Waals surface area contributed by atoms with Gasteiger partial charge in [-0.1, -0.05) is 23.2 Å². The third-order valence-corrected chi connectivity index (χ3v) is 7.12. The SMILES string of the molecule is O=S(=O)(c1ccc(F)c(Cl)c1)N1CCN(Cc2cn3cc(Cl)ccc3n2)CC1. The summed E-state index contributed by atoms with van der Waals surface area (Å²) in [6.45, 7) is 2.45. The van der Waals surface area contributed by atoms with Crippen LogP contribution in [0, 0.1) is 5.82 Å². The van der Waals surface area contributed by atoms with Crippen molar-refractivity contribution in [2.75, 3.05) is 26.2 Å². The van der Waals surface area contributed by atoms with Gasteiger partial charge in [-0.25, -0.2) is 17.8 Å². The van der Waals surface area contributed by atoms with Crippen molar-refractivity contribution in [3.8, 4) is 0 Å². The first kappa shape index (κ1) is 19.6. The minimum Gasteiger partial charge on any atom is -0.305 e. The fourth-order valence-electron chi connectivity index (χ4n) is 3.24. The molecule has 1 fully saturated rings. The first-order valence-electron chi connectivity index (χ1n) is 8.63. The number of fused-ring (bicyclic) bond motifs is 1. The van der Waals surface area contributed by atoms with Crippen molar-refractivity contribution in [3.63, 3.8) is 0 Å². The van der Waals surface area contributed by atoms with Gasteiger partial charge in [0, 0.05) is 45.1 Å². The van der Waals surface area contributed by atoms with Crippen LogP contribution in [-0.2, 0) is 16.6 Å². The second-order valence-corrected chi connectivity index (χ2v) is 9.38. The zero-order chi connectivity index (χ0) is 19.9. The highest BCUT2D eigenvalue weighted by Gasteiger charge is 2.29. The number of hydrogen-bond acceptors (Lipinski definition) is 4. The van der Waals surface area contributed by atoms with Gasteiger partial charge in [-0.2, -0.15) is 4.31 Å². The van der Waals surface area contributed by atoms with Gasteiger partial charge in [-0.05, 0) is 30.3 Å². The van der Waals surface area contributed by atoms with E-state index in [1.807, 2.05) is 16.7 Å². The molecule has 0 amide bonds. The molecule has 0 radical (unpaired) electrons. The van der Waals surface area contributed by atoms with Crippen molar-refractivity contribution in [2.24, 2.45) is 0 Å². The number of hydrogen-bond donors (Lipinski definition) is 0. The monoisotopic (exact) mass is 442 g/mol. The number of nitrogens with zero attached hydrogens (tertiary/aromatic N) is 4. The smallest absolute Gasteiger partial charge is 0.243 e. The molecule has 1 saturated heterocycles. The summed E-state index contributed by atoms with van der Waals surface area (Å²) in [5, 5.41) is 0.433. The van der Waals surface area contributed by atoms with E-state index in [9.17, 15) is 12.8 Å².